The molecule has 3 rings (SSSR count). The van der Waals surface area contributed by atoms with Crippen LogP contribution in [0.2, 0.25) is 0 Å². The zero-order valence-corrected chi connectivity index (χ0v) is 13.6. The second-order valence-electron chi connectivity index (χ2n) is 6.22. The number of hydroxylamine groups is 1. The summed E-state index contributed by atoms with van der Waals surface area (Å²) in [5.41, 5.74) is 12.3. The van der Waals surface area contributed by atoms with Gasteiger partial charge < -0.3 is 14.3 Å². The van der Waals surface area contributed by atoms with Crippen molar-refractivity contribution in [1.82, 2.24) is 5.48 Å². The molecule has 0 bridgehead atoms. The molecule has 0 amide bonds. The van der Waals surface area contributed by atoms with Crippen LogP contribution in [0.4, 0.5) is 8.78 Å². The first kappa shape index (κ1) is 17.7. The zero-order chi connectivity index (χ0) is 17.6. The van der Waals surface area contributed by atoms with Gasteiger partial charge in [-0.1, -0.05) is 11.2 Å². The summed E-state index contributed by atoms with van der Waals surface area (Å²) in [7, 11) is 0. The first-order valence-electron chi connectivity index (χ1n) is 8.27. The number of azide groups is 1. The summed E-state index contributed by atoms with van der Waals surface area (Å²) in [5.74, 6) is 0.860. The molecule has 25 heavy (non-hydrogen) atoms. The molecule has 1 aliphatic heterocycles. The molecule has 136 valence electrons. The largest absolute Gasteiger partial charge is 0.489 e. The van der Waals surface area contributed by atoms with Gasteiger partial charge in [-0.2, -0.15) is 14.3 Å². The quantitative estimate of drug-likeness (QED) is 0.437. The van der Waals surface area contributed by atoms with Crippen LogP contribution in [0.1, 0.15) is 30.7 Å². The maximum absolute atomic E-state index is 12.6. The number of halogens is 2. The van der Waals surface area contributed by atoms with Crippen molar-refractivity contribution in [3.63, 3.8) is 0 Å². The van der Waals surface area contributed by atoms with E-state index in [2.05, 4.69) is 20.2 Å². The molecule has 0 spiro atoms. The van der Waals surface area contributed by atoms with Crippen molar-refractivity contribution in [1.29, 1.82) is 0 Å². The molecule has 1 aromatic carbocycles. The van der Waals surface area contributed by atoms with E-state index in [1.807, 2.05) is 0 Å². The number of hydrogen-bond acceptors (Lipinski definition) is 5. The Morgan fingerprint density at radius 1 is 1.32 bits per heavy atom. The number of ether oxygens (including phenoxy) is 2. The minimum absolute atomic E-state index is 0.0168. The van der Waals surface area contributed by atoms with E-state index in [1.54, 1.807) is 12.1 Å². The third kappa shape index (κ3) is 4.94. The van der Waals surface area contributed by atoms with Crippen LogP contribution in [0.25, 0.3) is 10.4 Å². The predicted octanol–water partition coefficient (Wildman–Crippen LogP) is 3.76. The molecule has 7 nitrogen and oxygen atoms in total. The first-order valence-corrected chi connectivity index (χ1v) is 8.27. The monoisotopic (exact) mass is 354 g/mol. The topological polar surface area (TPSA) is 88.5 Å². The highest BCUT2D eigenvalue weighted by Crippen LogP contribution is 2.37. The summed E-state index contributed by atoms with van der Waals surface area (Å²) in [6.45, 7) is -1.67. The van der Waals surface area contributed by atoms with Crippen molar-refractivity contribution in [2.24, 2.45) is 11.0 Å². The summed E-state index contributed by atoms with van der Waals surface area (Å²) < 4.78 is 35.5. The van der Waals surface area contributed by atoms with E-state index in [4.69, 9.17) is 15.1 Å². The van der Waals surface area contributed by atoms with Crippen molar-refractivity contribution < 1.29 is 23.1 Å². The van der Waals surface area contributed by atoms with Gasteiger partial charge in [0.05, 0.1) is 13.2 Å². The number of benzene rings is 1. The van der Waals surface area contributed by atoms with E-state index in [1.165, 1.54) is 6.07 Å². The first-order chi connectivity index (χ1) is 12.2. The van der Waals surface area contributed by atoms with E-state index in [0.717, 1.165) is 24.8 Å². The van der Waals surface area contributed by atoms with Gasteiger partial charge in [0.15, 0.2) is 11.5 Å². The Balaban J connectivity index is 1.80. The molecule has 2 aliphatic rings. The zero-order valence-electron chi connectivity index (χ0n) is 13.6. The average molecular weight is 354 g/mol. The van der Waals surface area contributed by atoms with Gasteiger partial charge in [-0.25, -0.2) is 0 Å². The van der Waals surface area contributed by atoms with Crippen LogP contribution >= 0.6 is 0 Å². The lowest BCUT2D eigenvalue weighted by Crippen LogP contribution is -2.42. The number of nitrogens with one attached hydrogen (secondary N) is 1. The van der Waals surface area contributed by atoms with Crippen molar-refractivity contribution >= 4 is 0 Å². The summed E-state index contributed by atoms with van der Waals surface area (Å²) in [4.78, 5) is 8.02. The molecule has 2 fully saturated rings. The summed E-state index contributed by atoms with van der Waals surface area (Å²) >= 11 is 0. The van der Waals surface area contributed by atoms with E-state index in [-0.39, 0.29) is 24.3 Å². The summed E-state index contributed by atoms with van der Waals surface area (Å²) in [6, 6.07) is 4.79. The van der Waals surface area contributed by atoms with Gasteiger partial charge in [0.1, 0.15) is 0 Å². The Bertz CT molecular complexity index is 636. The van der Waals surface area contributed by atoms with Crippen LogP contribution in [-0.2, 0) is 4.84 Å². The van der Waals surface area contributed by atoms with E-state index >= 15 is 0 Å². The minimum atomic E-state index is -2.91. The van der Waals surface area contributed by atoms with Gasteiger partial charge >= 0.3 is 6.61 Å². The van der Waals surface area contributed by atoms with Gasteiger partial charge in [-0.05, 0) is 48.4 Å². The molecule has 1 aliphatic carbocycles. The standard InChI is InChI=1S/C16H20F2N4O3/c17-16(18)25-14-4-3-11(7-15(14)23-9-10-1-2-10)12-5-6-24-21-13(12)8-20-22-19/h3-4,7,10,12-13,16,21H,1-2,5-6,8-9H2. The Hall–Kier alpha value is -2.09. The minimum Gasteiger partial charge on any atom is -0.489 e. The molecule has 1 N–H and O–H groups in total. The van der Waals surface area contributed by atoms with Crippen molar-refractivity contribution in [2.45, 2.75) is 37.8 Å². The lowest BCUT2D eigenvalue weighted by Gasteiger charge is -2.31. The van der Waals surface area contributed by atoms with Crippen LogP contribution in [0, 0.1) is 5.92 Å². The second kappa shape index (κ2) is 8.33. The lowest BCUT2D eigenvalue weighted by atomic mass is 9.88. The van der Waals surface area contributed by atoms with Gasteiger partial charge in [-0.3, -0.25) is 0 Å². The molecule has 2 atom stereocenters. The fourth-order valence-corrected chi connectivity index (χ4v) is 2.88. The highest BCUT2D eigenvalue weighted by atomic mass is 19.3. The molecule has 1 saturated carbocycles. The normalized spacial score (nSPS) is 23.2. The SMILES string of the molecule is [N-]=[N+]=NCC1NOCCC1c1ccc(OC(F)F)c(OCC2CC2)c1. The molecule has 0 aromatic heterocycles. The molecule has 1 heterocycles. The number of alkyl halides is 2. The fraction of sp³-hybridized carbons (Fsp3) is 0.625. The van der Waals surface area contributed by atoms with Crippen molar-refractivity contribution in [2.75, 3.05) is 19.8 Å². The Kier molecular flexibility index (Phi) is 5.91. The lowest BCUT2D eigenvalue weighted by molar-refractivity contribution is -0.0516. The number of nitrogens with zero attached hydrogens (tertiary/aromatic N) is 3. The smallest absolute Gasteiger partial charge is 0.387 e. The third-order valence-electron chi connectivity index (χ3n) is 4.38. The van der Waals surface area contributed by atoms with Crippen LogP contribution in [0.5, 0.6) is 11.5 Å². The maximum Gasteiger partial charge on any atom is 0.387 e. The Morgan fingerprint density at radius 2 is 2.16 bits per heavy atom. The molecular formula is C16H20F2N4O3. The third-order valence-corrected chi connectivity index (χ3v) is 4.38. The summed E-state index contributed by atoms with van der Waals surface area (Å²) in [6.07, 6.45) is 2.92. The van der Waals surface area contributed by atoms with E-state index in [0.29, 0.717) is 24.9 Å². The van der Waals surface area contributed by atoms with E-state index < -0.39 is 6.61 Å². The highest BCUT2D eigenvalue weighted by Gasteiger charge is 2.28. The molecule has 1 saturated heterocycles. The molecular weight excluding hydrogens is 334 g/mol. The van der Waals surface area contributed by atoms with Crippen LogP contribution < -0.4 is 15.0 Å². The molecule has 0 radical (unpaired) electrons. The van der Waals surface area contributed by atoms with Gasteiger partial charge in [0, 0.05) is 23.4 Å². The molecule has 9 heteroatoms. The van der Waals surface area contributed by atoms with Crippen LogP contribution in [0.15, 0.2) is 23.3 Å². The second-order valence-corrected chi connectivity index (χ2v) is 6.22. The van der Waals surface area contributed by atoms with E-state index in [9.17, 15) is 8.78 Å². The Labute approximate surface area is 143 Å². The maximum atomic E-state index is 12.6. The highest BCUT2D eigenvalue weighted by molar-refractivity contribution is 5.44. The Morgan fingerprint density at radius 3 is 2.88 bits per heavy atom. The fourth-order valence-electron chi connectivity index (χ4n) is 2.88. The van der Waals surface area contributed by atoms with Gasteiger partial charge in [-0.15, -0.1) is 0 Å². The number of hydrogen-bond donors (Lipinski definition) is 1. The number of rotatable bonds is 8. The molecule has 1 aromatic rings. The summed E-state index contributed by atoms with van der Waals surface area (Å²) in [5, 5.41) is 3.60. The van der Waals surface area contributed by atoms with Crippen molar-refractivity contribution in [3.05, 3.63) is 34.2 Å². The van der Waals surface area contributed by atoms with Crippen LogP contribution in [0.3, 0.4) is 0 Å². The van der Waals surface area contributed by atoms with Gasteiger partial charge in [0.25, 0.3) is 0 Å². The molecule has 2 unspecified atom stereocenters. The predicted molar refractivity (Wildman–Crippen MR) is 85.5 cm³/mol. The van der Waals surface area contributed by atoms with Crippen LogP contribution in [-0.4, -0.2) is 32.4 Å². The van der Waals surface area contributed by atoms with Crippen molar-refractivity contribution in [3.8, 4) is 11.5 Å². The van der Waals surface area contributed by atoms with Gasteiger partial charge in [0.2, 0.25) is 0 Å². The average Bonchev–Trinajstić information content (AvgIpc) is 3.43.